The van der Waals surface area contributed by atoms with Gasteiger partial charge in [0.25, 0.3) is 0 Å². The van der Waals surface area contributed by atoms with Crippen molar-refractivity contribution in [1.29, 1.82) is 0 Å². The van der Waals surface area contributed by atoms with Crippen molar-refractivity contribution in [2.45, 2.75) is 12.7 Å². The molecule has 0 aromatic heterocycles. The molecule has 23 heavy (non-hydrogen) atoms. The van der Waals surface area contributed by atoms with Crippen LogP contribution in [0, 0.1) is 0 Å². The lowest BCUT2D eigenvalue weighted by Gasteiger charge is -2.59. The Labute approximate surface area is 133 Å². The molecule has 0 spiro atoms. The molecule has 0 aromatic rings. The lowest BCUT2D eigenvalue weighted by Crippen LogP contribution is -2.90. The van der Waals surface area contributed by atoms with Gasteiger partial charge in [0.15, 0.2) is 60.6 Å². The highest BCUT2D eigenvalue weighted by atomic mass is 16.4. The molecule has 0 unspecified atom stereocenters. The Morgan fingerprint density at radius 2 is 0.565 bits per heavy atom. The zero-order chi connectivity index (χ0) is 18.4. The summed E-state index contributed by atoms with van der Waals surface area (Å²) in [6.45, 7) is -7.27. The van der Waals surface area contributed by atoms with Gasteiger partial charge in [-0.05, 0) is 0 Å². The molecular weight excluding hydrogens is 318 g/mol. The first kappa shape index (κ1) is 22.5. The smallest absolute Gasteiger partial charge is 0.347 e. The van der Waals surface area contributed by atoms with Crippen LogP contribution in [0.2, 0.25) is 0 Å². The van der Waals surface area contributed by atoms with Crippen LogP contribution in [0.4, 0.5) is 0 Å². The van der Waals surface area contributed by atoms with Gasteiger partial charge in [-0.3, -0.25) is 0 Å². The maximum atomic E-state index is 9.75. The molecular formula is C11H30N3O9+3. The number of nitrogens with zero attached hydrogens (tertiary/aromatic N) is 3. The third-order valence-corrected chi connectivity index (χ3v) is 5.13. The standard InChI is InChI=1S/C11H30N3O9/c1-11(12(2-15,3-16)4-17,13(5-18,6-19)7-20)14(8-21,9-22)10-23/h15-23H,2-10H2,1H3/q+3. The van der Waals surface area contributed by atoms with Crippen LogP contribution in [0.15, 0.2) is 0 Å². The number of aliphatic hydroxyl groups excluding tert-OH is 9. The van der Waals surface area contributed by atoms with E-state index >= 15 is 0 Å². The van der Waals surface area contributed by atoms with E-state index in [-0.39, 0.29) is 0 Å². The van der Waals surface area contributed by atoms with Crippen LogP contribution in [0.25, 0.3) is 0 Å². The molecule has 0 aromatic carbocycles. The summed E-state index contributed by atoms with van der Waals surface area (Å²) in [6, 6.07) is 0. The highest BCUT2D eigenvalue weighted by Crippen LogP contribution is 2.41. The molecule has 0 rings (SSSR count). The minimum Gasteiger partial charge on any atom is -0.347 e. The van der Waals surface area contributed by atoms with E-state index in [1.54, 1.807) is 0 Å². The van der Waals surface area contributed by atoms with Crippen molar-refractivity contribution in [2.75, 3.05) is 60.6 Å². The van der Waals surface area contributed by atoms with Gasteiger partial charge in [-0.2, -0.15) is 13.4 Å². The first-order valence-electron chi connectivity index (χ1n) is 6.86. The fourth-order valence-electron chi connectivity index (χ4n) is 2.96. The van der Waals surface area contributed by atoms with Gasteiger partial charge in [0.2, 0.25) is 0 Å². The zero-order valence-electron chi connectivity index (χ0n) is 13.2. The van der Waals surface area contributed by atoms with Crippen LogP contribution in [0.1, 0.15) is 6.92 Å². The van der Waals surface area contributed by atoms with Gasteiger partial charge in [-0.1, -0.05) is 0 Å². The summed E-state index contributed by atoms with van der Waals surface area (Å²) in [5, 5.41) is 87.8. The summed E-state index contributed by atoms with van der Waals surface area (Å²) in [5.41, 5.74) is 0. The molecule has 0 bridgehead atoms. The molecule has 9 N–H and O–H groups in total. The molecule has 12 nitrogen and oxygen atoms in total. The third kappa shape index (κ3) is 2.86. The third-order valence-electron chi connectivity index (χ3n) is 5.13. The fourth-order valence-corrected chi connectivity index (χ4v) is 2.96. The Hall–Kier alpha value is -0.480. The number of aliphatic hydroxyl groups is 9. The summed E-state index contributed by atoms with van der Waals surface area (Å²) in [4.78, 5) is 0. The summed E-state index contributed by atoms with van der Waals surface area (Å²) >= 11 is 0. The van der Waals surface area contributed by atoms with Crippen LogP contribution < -0.4 is 0 Å². The molecule has 0 aliphatic heterocycles. The molecule has 0 fully saturated rings. The predicted octanol–water partition coefficient (Wildman–Crippen LogP) is -5.34. The Balaban J connectivity index is 6.86. The second kappa shape index (κ2) is 8.57. The molecule has 0 aliphatic carbocycles. The maximum absolute atomic E-state index is 9.75. The van der Waals surface area contributed by atoms with Crippen molar-refractivity contribution in [3.05, 3.63) is 0 Å². The number of hydrogen-bond donors (Lipinski definition) is 9. The molecule has 0 amide bonds. The Kier molecular flexibility index (Phi) is 8.39. The van der Waals surface area contributed by atoms with E-state index in [1.807, 2.05) is 0 Å². The van der Waals surface area contributed by atoms with E-state index in [0.717, 1.165) is 0 Å². The minimum atomic E-state index is -2.05. The second-order valence-corrected chi connectivity index (χ2v) is 5.68. The minimum absolute atomic E-state index is 0.941. The maximum Gasteiger partial charge on any atom is 0.365 e. The predicted molar refractivity (Wildman–Crippen MR) is 73.0 cm³/mol. The van der Waals surface area contributed by atoms with Crippen molar-refractivity contribution >= 4 is 0 Å². The van der Waals surface area contributed by atoms with E-state index in [2.05, 4.69) is 0 Å². The quantitative estimate of drug-likeness (QED) is 0.123. The lowest BCUT2D eigenvalue weighted by molar-refractivity contribution is -1.35. The Bertz CT molecular complexity index is 271. The Morgan fingerprint density at radius 1 is 0.435 bits per heavy atom. The lowest BCUT2D eigenvalue weighted by atomic mass is 10.1. The highest BCUT2D eigenvalue weighted by Gasteiger charge is 2.73. The van der Waals surface area contributed by atoms with Gasteiger partial charge in [0, 0.05) is 0 Å². The van der Waals surface area contributed by atoms with Crippen LogP contribution in [-0.4, -0.2) is 126 Å². The fraction of sp³-hybridized carbons (Fsp3) is 1.00. The van der Waals surface area contributed by atoms with E-state index in [1.165, 1.54) is 6.92 Å². The molecule has 0 saturated heterocycles. The van der Waals surface area contributed by atoms with Crippen molar-refractivity contribution in [3.8, 4) is 0 Å². The van der Waals surface area contributed by atoms with E-state index in [0.29, 0.717) is 0 Å². The SMILES string of the molecule is CC([N+](CO)(CO)CO)([N+](CO)(CO)CO)[N+](CO)(CO)CO. The molecule has 0 radical (unpaired) electrons. The van der Waals surface area contributed by atoms with Crippen molar-refractivity contribution < 1.29 is 59.4 Å². The Morgan fingerprint density at radius 3 is 0.652 bits per heavy atom. The van der Waals surface area contributed by atoms with Crippen molar-refractivity contribution in [1.82, 2.24) is 0 Å². The first-order valence-corrected chi connectivity index (χ1v) is 6.86. The van der Waals surface area contributed by atoms with Gasteiger partial charge >= 0.3 is 5.79 Å². The average molecular weight is 348 g/mol. The van der Waals surface area contributed by atoms with Crippen LogP contribution in [0.5, 0.6) is 0 Å². The van der Waals surface area contributed by atoms with Crippen molar-refractivity contribution in [3.63, 3.8) is 0 Å². The summed E-state index contributed by atoms with van der Waals surface area (Å²) in [7, 11) is 0. The normalized spacial score (nSPS) is 14.3. The number of hydrogen-bond acceptors (Lipinski definition) is 9. The van der Waals surface area contributed by atoms with E-state index in [4.69, 9.17) is 0 Å². The molecule has 140 valence electrons. The first-order chi connectivity index (χ1) is 10.8. The second-order valence-electron chi connectivity index (χ2n) is 5.68. The molecule has 12 heteroatoms. The highest BCUT2D eigenvalue weighted by molar-refractivity contribution is 4.54. The van der Waals surface area contributed by atoms with Gasteiger partial charge < -0.3 is 46.0 Å². The van der Waals surface area contributed by atoms with Crippen LogP contribution in [-0.2, 0) is 0 Å². The number of quaternary nitrogens is 3. The van der Waals surface area contributed by atoms with Crippen molar-refractivity contribution in [2.24, 2.45) is 0 Å². The summed E-state index contributed by atoms with van der Waals surface area (Å²) in [6.07, 6.45) is 0. The molecule has 0 heterocycles. The van der Waals surface area contributed by atoms with Gasteiger partial charge in [0.05, 0.1) is 0 Å². The van der Waals surface area contributed by atoms with Crippen LogP contribution >= 0.6 is 0 Å². The van der Waals surface area contributed by atoms with Gasteiger partial charge in [-0.15, -0.1) is 0 Å². The number of rotatable bonds is 12. The molecule has 0 atom stereocenters. The molecule has 0 saturated carbocycles. The van der Waals surface area contributed by atoms with Gasteiger partial charge in [-0.25, -0.2) is 0 Å². The topological polar surface area (TPSA) is 182 Å². The molecule has 0 aliphatic rings. The van der Waals surface area contributed by atoms with E-state index in [9.17, 15) is 46.0 Å². The average Bonchev–Trinajstić information content (AvgIpc) is 2.61. The monoisotopic (exact) mass is 348 g/mol. The largest absolute Gasteiger partial charge is 0.365 e. The summed E-state index contributed by atoms with van der Waals surface area (Å²) in [5.74, 6) is -2.05. The summed E-state index contributed by atoms with van der Waals surface area (Å²) < 4.78 is -3.22. The zero-order valence-corrected chi connectivity index (χ0v) is 13.2. The van der Waals surface area contributed by atoms with Gasteiger partial charge in [0.1, 0.15) is 6.92 Å². The van der Waals surface area contributed by atoms with E-state index < -0.39 is 79.8 Å². The van der Waals surface area contributed by atoms with Crippen LogP contribution in [0.3, 0.4) is 0 Å².